The standard InChI is InChI=1S/C40H51N7O6/c1-8-47(9-2)23-22-46(5)39(50)30-15-17-31(18-16-30)43-40-42-26-32(37(49)44-36-27(3)11-10-12-28(36)4)38(45-40)53-33-19-13-29(25-34(33)52-7)14-20-35(48)41-21-24-51-6/h10-13,15-19,25-26H,8-9,14,20-24H2,1-7H3,(H,41,48)(H,44,49)(H,42,43,45). The zero-order valence-corrected chi connectivity index (χ0v) is 31.7. The summed E-state index contributed by atoms with van der Waals surface area (Å²) in [5, 5.41) is 8.96. The highest BCUT2D eigenvalue weighted by molar-refractivity contribution is 6.06. The molecule has 3 aromatic carbocycles. The second-order valence-electron chi connectivity index (χ2n) is 12.5. The Labute approximate surface area is 312 Å². The number of aryl methyl sites for hydroxylation is 3. The van der Waals surface area contributed by atoms with Crippen molar-refractivity contribution in [3.05, 3.63) is 94.7 Å². The van der Waals surface area contributed by atoms with Crippen molar-refractivity contribution in [3.63, 3.8) is 0 Å². The smallest absolute Gasteiger partial charge is 0.262 e. The van der Waals surface area contributed by atoms with E-state index in [0.29, 0.717) is 61.0 Å². The minimum Gasteiger partial charge on any atom is -0.493 e. The van der Waals surface area contributed by atoms with Crippen LogP contribution >= 0.6 is 0 Å². The highest BCUT2D eigenvalue weighted by atomic mass is 16.5. The maximum Gasteiger partial charge on any atom is 0.262 e. The molecule has 0 aliphatic rings. The van der Waals surface area contributed by atoms with Crippen molar-refractivity contribution in [2.24, 2.45) is 0 Å². The number of likely N-dealkylation sites (N-methyl/N-ethyl adjacent to an activating group) is 2. The van der Waals surface area contributed by atoms with E-state index in [0.717, 1.165) is 36.3 Å². The van der Waals surface area contributed by atoms with Crippen LogP contribution in [0, 0.1) is 13.8 Å². The molecule has 13 nitrogen and oxygen atoms in total. The molecular formula is C40H51N7O6. The molecule has 0 radical (unpaired) electrons. The first-order valence-electron chi connectivity index (χ1n) is 17.8. The molecule has 0 bridgehead atoms. The van der Waals surface area contributed by atoms with Gasteiger partial charge in [-0.1, -0.05) is 38.1 Å². The van der Waals surface area contributed by atoms with E-state index >= 15 is 0 Å². The van der Waals surface area contributed by atoms with E-state index in [9.17, 15) is 14.4 Å². The fraction of sp³-hybridized carbons (Fsp3) is 0.375. The van der Waals surface area contributed by atoms with Gasteiger partial charge in [0.2, 0.25) is 17.7 Å². The minimum absolute atomic E-state index is 0.00330. The van der Waals surface area contributed by atoms with E-state index in [1.165, 1.54) is 13.3 Å². The van der Waals surface area contributed by atoms with Gasteiger partial charge in [-0.25, -0.2) is 4.98 Å². The van der Waals surface area contributed by atoms with Gasteiger partial charge >= 0.3 is 0 Å². The quantitative estimate of drug-likeness (QED) is 0.0984. The summed E-state index contributed by atoms with van der Waals surface area (Å²) in [4.78, 5) is 52.0. The minimum atomic E-state index is -0.452. The van der Waals surface area contributed by atoms with Crippen molar-refractivity contribution < 1.29 is 28.6 Å². The van der Waals surface area contributed by atoms with Gasteiger partial charge in [-0.05, 0) is 86.4 Å². The Balaban J connectivity index is 1.56. The molecule has 282 valence electrons. The van der Waals surface area contributed by atoms with Gasteiger partial charge in [-0.15, -0.1) is 0 Å². The molecule has 13 heteroatoms. The lowest BCUT2D eigenvalue weighted by molar-refractivity contribution is -0.121. The Kier molecular flexibility index (Phi) is 15.1. The van der Waals surface area contributed by atoms with Crippen LogP contribution in [0.1, 0.15) is 57.7 Å². The lowest BCUT2D eigenvalue weighted by Crippen LogP contribution is -2.36. The molecule has 0 atom stereocenters. The number of benzene rings is 3. The number of nitrogens with zero attached hydrogens (tertiary/aromatic N) is 4. The molecule has 3 amide bonds. The molecule has 0 spiro atoms. The SMILES string of the molecule is CCN(CC)CCN(C)C(=O)c1ccc(Nc2ncc(C(=O)Nc3c(C)cccc3C)c(Oc3ccc(CCC(=O)NCCOC)cc3OC)n2)cc1. The Morgan fingerprint density at radius 3 is 2.26 bits per heavy atom. The average molecular weight is 726 g/mol. The van der Waals surface area contributed by atoms with Gasteiger partial charge in [0.1, 0.15) is 5.56 Å². The molecule has 0 saturated carbocycles. The molecule has 0 saturated heterocycles. The average Bonchev–Trinajstić information content (AvgIpc) is 3.16. The summed E-state index contributed by atoms with van der Waals surface area (Å²) in [5.41, 5.74) is 4.66. The number of hydrogen-bond acceptors (Lipinski definition) is 10. The molecule has 4 rings (SSSR count). The van der Waals surface area contributed by atoms with Gasteiger partial charge in [0.25, 0.3) is 11.8 Å². The molecular weight excluding hydrogens is 674 g/mol. The predicted molar refractivity (Wildman–Crippen MR) is 207 cm³/mol. The molecule has 0 aliphatic heterocycles. The predicted octanol–water partition coefficient (Wildman–Crippen LogP) is 6.00. The highest BCUT2D eigenvalue weighted by Gasteiger charge is 2.21. The summed E-state index contributed by atoms with van der Waals surface area (Å²) in [7, 11) is 4.90. The first-order chi connectivity index (χ1) is 25.6. The van der Waals surface area contributed by atoms with E-state index in [2.05, 4.69) is 44.7 Å². The van der Waals surface area contributed by atoms with Crippen molar-refractivity contribution in [2.45, 2.75) is 40.5 Å². The van der Waals surface area contributed by atoms with Crippen LogP contribution in [-0.4, -0.2) is 98.1 Å². The third-order valence-corrected chi connectivity index (χ3v) is 8.80. The van der Waals surface area contributed by atoms with Gasteiger partial charge in [0, 0.05) is 63.3 Å². The zero-order chi connectivity index (χ0) is 38.3. The topological polar surface area (TPSA) is 147 Å². The molecule has 1 aromatic heterocycles. The van der Waals surface area contributed by atoms with Crippen LogP contribution in [-0.2, 0) is 16.0 Å². The summed E-state index contributed by atoms with van der Waals surface area (Å²) in [6, 6.07) is 18.2. The Morgan fingerprint density at radius 1 is 0.887 bits per heavy atom. The Bertz CT molecular complexity index is 1830. The Morgan fingerprint density at radius 2 is 1.60 bits per heavy atom. The lowest BCUT2D eigenvalue weighted by Gasteiger charge is -2.23. The monoisotopic (exact) mass is 725 g/mol. The molecule has 0 fully saturated rings. The summed E-state index contributed by atoms with van der Waals surface area (Å²) < 4.78 is 16.9. The van der Waals surface area contributed by atoms with Crippen molar-refractivity contribution >= 4 is 35.0 Å². The van der Waals surface area contributed by atoms with Gasteiger partial charge in [0.15, 0.2) is 11.5 Å². The summed E-state index contributed by atoms with van der Waals surface area (Å²) in [6.07, 6.45) is 2.18. The number of ether oxygens (including phenoxy) is 3. The third kappa shape index (κ3) is 11.5. The van der Waals surface area contributed by atoms with Gasteiger partial charge in [-0.3, -0.25) is 14.4 Å². The van der Waals surface area contributed by atoms with Gasteiger partial charge in [-0.2, -0.15) is 4.98 Å². The summed E-state index contributed by atoms with van der Waals surface area (Å²) >= 11 is 0. The number of nitrogens with one attached hydrogen (secondary N) is 3. The third-order valence-electron chi connectivity index (χ3n) is 8.80. The summed E-state index contributed by atoms with van der Waals surface area (Å²) in [5.74, 6) is 0.289. The largest absolute Gasteiger partial charge is 0.493 e. The molecule has 4 aromatic rings. The second-order valence-corrected chi connectivity index (χ2v) is 12.5. The van der Waals surface area contributed by atoms with Crippen LogP contribution in [0.15, 0.2) is 66.9 Å². The Hall–Kier alpha value is -5.53. The molecule has 0 unspecified atom stereocenters. The van der Waals surface area contributed by atoms with E-state index in [1.54, 1.807) is 55.5 Å². The van der Waals surface area contributed by atoms with Crippen LogP contribution in [0.4, 0.5) is 17.3 Å². The second kappa shape index (κ2) is 19.9. The molecule has 3 N–H and O–H groups in total. The van der Waals surface area contributed by atoms with Crippen LogP contribution in [0.3, 0.4) is 0 Å². The lowest BCUT2D eigenvalue weighted by atomic mass is 10.1. The number of carbonyl (C=O) groups is 3. The van der Waals surface area contributed by atoms with E-state index < -0.39 is 5.91 Å². The number of carbonyl (C=O) groups excluding carboxylic acids is 3. The van der Waals surface area contributed by atoms with E-state index in [1.807, 2.05) is 38.1 Å². The fourth-order valence-corrected chi connectivity index (χ4v) is 5.53. The van der Waals surface area contributed by atoms with Crippen LogP contribution < -0.4 is 25.4 Å². The van der Waals surface area contributed by atoms with Crippen molar-refractivity contribution in [1.82, 2.24) is 25.1 Å². The first kappa shape index (κ1) is 40.2. The van der Waals surface area contributed by atoms with E-state index in [-0.39, 0.29) is 29.2 Å². The number of aromatic nitrogens is 2. The van der Waals surface area contributed by atoms with Crippen LogP contribution in [0.25, 0.3) is 0 Å². The van der Waals surface area contributed by atoms with Crippen LogP contribution in [0.5, 0.6) is 17.4 Å². The van der Waals surface area contributed by atoms with Gasteiger partial charge < -0.3 is 40.0 Å². The van der Waals surface area contributed by atoms with Gasteiger partial charge in [0.05, 0.1) is 13.7 Å². The van der Waals surface area contributed by atoms with Crippen LogP contribution in [0.2, 0.25) is 0 Å². The number of rotatable bonds is 19. The van der Waals surface area contributed by atoms with Crippen molar-refractivity contribution in [2.75, 3.05) is 71.2 Å². The number of hydrogen-bond donors (Lipinski definition) is 3. The normalized spacial score (nSPS) is 10.9. The maximum atomic E-state index is 13.7. The van der Waals surface area contributed by atoms with E-state index in [4.69, 9.17) is 14.2 Å². The highest BCUT2D eigenvalue weighted by Crippen LogP contribution is 2.34. The maximum absolute atomic E-state index is 13.7. The molecule has 53 heavy (non-hydrogen) atoms. The number of anilines is 3. The first-order valence-corrected chi connectivity index (χ1v) is 17.8. The number of para-hydroxylation sites is 1. The summed E-state index contributed by atoms with van der Waals surface area (Å²) in [6.45, 7) is 12.2. The number of methoxy groups -OCH3 is 2. The fourth-order valence-electron chi connectivity index (χ4n) is 5.53. The molecule has 1 heterocycles. The number of amides is 3. The van der Waals surface area contributed by atoms with Crippen molar-refractivity contribution in [3.8, 4) is 17.4 Å². The van der Waals surface area contributed by atoms with Crippen molar-refractivity contribution in [1.29, 1.82) is 0 Å². The molecule has 0 aliphatic carbocycles. The zero-order valence-electron chi connectivity index (χ0n) is 31.7.